The summed E-state index contributed by atoms with van der Waals surface area (Å²) in [6.45, 7) is 4.83. The second-order valence-corrected chi connectivity index (χ2v) is 9.80. The Kier molecular flexibility index (Phi) is 11.0. The largest absolute Gasteiger partial charge is 0.494 e. The maximum absolute atomic E-state index is 14.6. The SMILES string of the molecule is CC(C)CNC(=O)C(Cc1ccccc1)N(Cc1ccccc1F)C(=O)CCCOc1ccc(Cl)cc1. The highest BCUT2D eigenvalue weighted by Crippen LogP contribution is 2.19. The molecule has 0 bridgehead atoms. The maximum atomic E-state index is 14.6. The quantitative estimate of drug-likeness (QED) is 0.277. The topological polar surface area (TPSA) is 58.6 Å². The van der Waals surface area contributed by atoms with Crippen LogP contribution in [-0.4, -0.2) is 35.9 Å². The van der Waals surface area contributed by atoms with Crippen molar-refractivity contribution in [3.05, 3.63) is 101 Å². The first-order valence-electron chi connectivity index (χ1n) is 12.6. The number of benzene rings is 3. The molecule has 0 heterocycles. The number of nitrogens with one attached hydrogen (secondary N) is 1. The lowest BCUT2D eigenvalue weighted by molar-refractivity contribution is -0.141. The van der Waals surface area contributed by atoms with Crippen molar-refractivity contribution in [3.8, 4) is 5.75 Å². The molecule has 0 aromatic heterocycles. The number of carbonyl (C=O) groups is 2. The summed E-state index contributed by atoms with van der Waals surface area (Å²) >= 11 is 5.91. The van der Waals surface area contributed by atoms with Gasteiger partial charge in [-0.1, -0.05) is 74.0 Å². The summed E-state index contributed by atoms with van der Waals surface area (Å²) in [5, 5.41) is 3.59. The fourth-order valence-electron chi connectivity index (χ4n) is 3.87. The Balaban J connectivity index is 1.79. The number of ether oxygens (including phenoxy) is 1. The molecule has 2 amide bonds. The zero-order valence-electron chi connectivity index (χ0n) is 21.3. The molecule has 0 aliphatic heterocycles. The predicted molar refractivity (Wildman–Crippen MR) is 145 cm³/mol. The van der Waals surface area contributed by atoms with Crippen molar-refractivity contribution in [1.29, 1.82) is 0 Å². The van der Waals surface area contributed by atoms with Gasteiger partial charge in [0.1, 0.15) is 17.6 Å². The van der Waals surface area contributed by atoms with Crippen LogP contribution in [0, 0.1) is 11.7 Å². The van der Waals surface area contributed by atoms with Crippen molar-refractivity contribution in [2.45, 2.75) is 45.7 Å². The Hall–Kier alpha value is -3.38. The van der Waals surface area contributed by atoms with Crippen molar-refractivity contribution >= 4 is 23.4 Å². The molecule has 0 fully saturated rings. The molecule has 196 valence electrons. The third-order valence-electron chi connectivity index (χ3n) is 5.87. The van der Waals surface area contributed by atoms with Gasteiger partial charge >= 0.3 is 0 Å². The first-order chi connectivity index (χ1) is 17.8. The molecule has 1 N–H and O–H groups in total. The van der Waals surface area contributed by atoms with E-state index >= 15 is 0 Å². The summed E-state index contributed by atoms with van der Waals surface area (Å²) in [5.41, 5.74) is 1.28. The fraction of sp³-hybridized carbons (Fsp3) is 0.333. The second-order valence-electron chi connectivity index (χ2n) is 9.36. The van der Waals surface area contributed by atoms with Gasteiger partial charge in [-0.25, -0.2) is 4.39 Å². The molecule has 0 aliphatic rings. The van der Waals surface area contributed by atoms with Gasteiger partial charge in [0.15, 0.2) is 0 Å². The van der Waals surface area contributed by atoms with Crippen LogP contribution in [0.1, 0.15) is 37.8 Å². The van der Waals surface area contributed by atoms with Crippen LogP contribution in [0.4, 0.5) is 4.39 Å². The van der Waals surface area contributed by atoms with Gasteiger partial charge in [0, 0.05) is 36.5 Å². The van der Waals surface area contributed by atoms with Crippen LogP contribution in [0.25, 0.3) is 0 Å². The van der Waals surface area contributed by atoms with E-state index in [1.165, 1.54) is 11.0 Å². The molecule has 5 nitrogen and oxygen atoms in total. The molecular formula is C30H34ClFN2O3. The number of carbonyl (C=O) groups excluding carboxylic acids is 2. The summed E-state index contributed by atoms with van der Waals surface area (Å²) in [6, 6.07) is 22.1. The summed E-state index contributed by atoms with van der Waals surface area (Å²) in [4.78, 5) is 28.4. The molecule has 0 spiro atoms. The standard InChI is InChI=1S/C30H34ClFN2O3/c1-22(2)20-33-30(36)28(19-23-9-4-3-5-10-23)34(21-24-11-6-7-12-27(24)32)29(35)13-8-18-37-26-16-14-25(31)15-17-26/h3-7,9-12,14-17,22,28H,8,13,18-21H2,1-2H3,(H,33,36). The molecule has 0 saturated heterocycles. The molecule has 7 heteroatoms. The van der Waals surface area contributed by atoms with Crippen LogP contribution in [0.15, 0.2) is 78.9 Å². The number of nitrogens with zero attached hydrogens (tertiary/aromatic N) is 1. The molecular weight excluding hydrogens is 491 g/mol. The van der Waals surface area contributed by atoms with Gasteiger partial charge in [-0.15, -0.1) is 0 Å². The Morgan fingerprint density at radius 1 is 0.973 bits per heavy atom. The lowest BCUT2D eigenvalue weighted by atomic mass is 10.0. The lowest BCUT2D eigenvalue weighted by Crippen LogP contribution is -2.51. The van der Waals surface area contributed by atoms with Crippen LogP contribution in [-0.2, 0) is 22.6 Å². The number of rotatable bonds is 13. The second kappa shape index (κ2) is 14.4. The van der Waals surface area contributed by atoms with E-state index in [2.05, 4.69) is 5.32 Å². The van der Waals surface area contributed by atoms with Gasteiger partial charge in [0.2, 0.25) is 11.8 Å². The maximum Gasteiger partial charge on any atom is 0.243 e. The Labute approximate surface area is 223 Å². The molecule has 1 atom stereocenters. The molecule has 0 aliphatic carbocycles. The van der Waals surface area contributed by atoms with Crippen molar-refractivity contribution in [3.63, 3.8) is 0 Å². The van der Waals surface area contributed by atoms with Crippen LogP contribution < -0.4 is 10.1 Å². The van der Waals surface area contributed by atoms with E-state index in [-0.39, 0.29) is 30.7 Å². The molecule has 3 aromatic rings. The van der Waals surface area contributed by atoms with Gasteiger partial charge in [-0.05, 0) is 48.2 Å². The Morgan fingerprint density at radius 2 is 1.65 bits per heavy atom. The van der Waals surface area contributed by atoms with Crippen molar-refractivity contribution in [1.82, 2.24) is 10.2 Å². The minimum absolute atomic E-state index is 0.00382. The van der Waals surface area contributed by atoms with Gasteiger partial charge < -0.3 is 15.0 Å². The average Bonchev–Trinajstić information content (AvgIpc) is 2.89. The third-order valence-corrected chi connectivity index (χ3v) is 6.12. The van der Waals surface area contributed by atoms with Crippen LogP contribution in [0.2, 0.25) is 5.02 Å². The molecule has 37 heavy (non-hydrogen) atoms. The highest BCUT2D eigenvalue weighted by Gasteiger charge is 2.30. The molecule has 0 radical (unpaired) electrons. The van der Waals surface area contributed by atoms with E-state index in [1.54, 1.807) is 42.5 Å². The third kappa shape index (κ3) is 9.21. The molecule has 3 aromatic carbocycles. The smallest absolute Gasteiger partial charge is 0.243 e. The van der Waals surface area contributed by atoms with Gasteiger partial charge in [0.05, 0.1) is 6.61 Å². The van der Waals surface area contributed by atoms with Crippen molar-refractivity contribution in [2.75, 3.05) is 13.2 Å². The fourth-order valence-corrected chi connectivity index (χ4v) is 4.00. The van der Waals surface area contributed by atoms with E-state index in [0.29, 0.717) is 42.3 Å². The Bertz CT molecular complexity index is 1140. The summed E-state index contributed by atoms with van der Waals surface area (Å²) in [5.74, 6) is 0.0211. The summed E-state index contributed by atoms with van der Waals surface area (Å²) in [6.07, 6.45) is 0.929. The molecule has 0 saturated carbocycles. The van der Waals surface area contributed by atoms with Crippen LogP contribution >= 0.6 is 11.6 Å². The normalized spacial score (nSPS) is 11.7. The number of hydrogen-bond donors (Lipinski definition) is 1. The first kappa shape index (κ1) is 28.2. The average molecular weight is 525 g/mol. The zero-order valence-corrected chi connectivity index (χ0v) is 22.1. The first-order valence-corrected chi connectivity index (χ1v) is 12.9. The van der Waals surface area contributed by atoms with Gasteiger partial charge in [0.25, 0.3) is 0 Å². The highest BCUT2D eigenvalue weighted by atomic mass is 35.5. The van der Waals surface area contributed by atoms with E-state index in [0.717, 1.165) is 5.56 Å². The van der Waals surface area contributed by atoms with Crippen LogP contribution in [0.3, 0.4) is 0 Å². The predicted octanol–water partition coefficient (Wildman–Crippen LogP) is 6.05. The minimum Gasteiger partial charge on any atom is -0.494 e. The van der Waals surface area contributed by atoms with E-state index in [1.807, 2.05) is 44.2 Å². The lowest BCUT2D eigenvalue weighted by Gasteiger charge is -2.32. The zero-order chi connectivity index (χ0) is 26.6. The van der Waals surface area contributed by atoms with E-state index < -0.39 is 11.9 Å². The minimum atomic E-state index is -0.787. The van der Waals surface area contributed by atoms with E-state index in [4.69, 9.17) is 16.3 Å². The number of amides is 2. The van der Waals surface area contributed by atoms with Crippen molar-refractivity contribution in [2.24, 2.45) is 5.92 Å². The molecule has 1 unspecified atom stereocenters. The van der Waals surface area contributed by atoms with Gasteiger partial charge in [-0.2, -0.15) is 0 Å². The highest BCUT2D eigenvalue weighted by molar-refractivity contribution is 6.30. The molecule has 3 rings (SSSR count). The van der Waals surface area contributed by atoms with Crippen LogP contribution in [0.5, 0.6) is 5.75 Å². The van der Waals surface area contributed by atoms with E-state index in [9.17, 15) is 14.0 Å². The monoisotopic (exact) mass is 524 g/mol. The van der Waals surface area contributed by atoms with Crippen molar-refractivity contribution < 1.29 is 18.7 Å². The summed E-state index contributed by atoms with van der Waals surface area (Å²) in [7, 11) is 0. The summed E-state index contributed by atoms with van der Waals surface area (Å²) < 4.78 is 20.3. The van der Waals surface area contributed by atoms with Gasteiger partial charge in [-0.3, -0.25) is 9.59 Å². The Morgan fingerprint density at radius 3 is 2.32 bits per heavy atom. The number of hydrogen-bond acceptors (Lipinski definition) is 3. The number of halogens is 2.